The second kappa shape index (κ2) is 15.1. The Kier molecular flexibility index (Phi) is 14.8. The quantitative estimate of drug-likeness (QED) is 0.231. The Hall–Kier alpha value is -0.450. The Morgan fingerprint density at radius 3 is 2.78 bits per heavy atom. The van der Waals surface area contributed by atoms with E-state index in [0.29, 0.717) is 19.8 Å². The molecule has 1 heterocycles. The van der Waals surface area contributed by atoms with Crippen LogP contribution in [0.3, 0.4) is 0 Å². The molecule has 0 saturated carbocycles. The minimum Gasteiger partial charge on any atom is -0.382 e. The second-order valence-electron chi connectivity index (χ2n) is 4.75. The van der Waals surface area contributed by atoms with Crippen molar-refractivity contribution in [2.24, 2.45) is 4.99 Å². The Labute approximate surface area is 160 Å². The number of nitrogens with one attached hydrogen (secondary N) is 2. The molecule has 2 N–H and O–H groups in total. The number of nitrogens with zero attached hydrogens (tertiary/aromatic N) is 2. The summed E-state index contributed by atoms with van der Waals surface area (Å²) in [6, 6.07) is 0. The topological polar surface area (TPSA) is 67.8 Å². The Morgan fingerprint density at radius 2 is 2.13 bits per heavy atom. The van der Waals surface area contributed by atoms with Gasteiger partial charge in [0.1, 0.15) is 0 Å². The monoisotopic (exact) mass is 456 g/mol. The van der Waals surface area contributed by atoms with Gasteiger partial charge < -0.3 is 20.1 Å². The average Bonchev–Trinajstić information content (AvgIpc) is 2.92. The van der Waals surface area contributed by atoms with E-state index in [1.165, 1.54) is 0 Å². The number of aliphatic imine (C=N–C) groups is 1. The highest BCUT2D eigenvalue weighted by Crippen LogP contribution is 2.07. The van der Waals surface area contributed by atoms with E-state index in [1.807, 2.05) is 6.92 Å². The van der Waals surface area contributed by atoms with E-state index < -0.39 is 0 Å². The molecule has 23 heavy (non-hydrogen) atoms. The van der Waals surface area contributed by atoms with Crippen molar-refractivity contribution in [2.45, 2.75) is 26.7 Å². The maximum Gasteiger partial charge on any atom is 0.191 e. The molecule has 0 spiro atoms. The lowest BCUT2D eigenvalue weighted by molar-refractivity contribution is 0.0702. The van der Waals surface area contributed by atoms with Gasteiger partial charge in [-0.1, -0.05) is 0 Å². The summed E-state index contributed by atoms with van der Waals surface area (Å²) in [6.07, 6.45) is 1.82. The van der Waals surface area contributed by atoms with Gasteiger partial charge >= 0.3 is 0 Å². The maximum absolute atomic E-state index is 5.41. The fourth-order valence-electron chi connectivity index (χ4n) is 1.78. The second-order valence-corrected chi connectivity index (χ2v) is 5.82. The van der Waals surface area contributed by atoms with Crippen molar-refractivity contribution in [3.8, 4) is 0 Å². The normalized spacial score (nSPS) is 11.2. The van der Waals surface area contributed by atoms with Gasteiger partial charge in [-0.15, -0.1) is 35.3 Å². The van der Waals surface area contributed by atoms with E-state index in [2.05, 4.69) is 32.9 Å². The lowest BCUT2D eigenvalue weighted by Gasteiger charge is -2.10. The summed E-state index contributed by atoms with van der Waals surface area (Å²) in [4.78, 5) is 8.99. The van der Waals surface area contributed by atoms with Crippen LogP contribution in [0.5, 0.6) is 0 Å². The molecule has 0 amide bonds. The van der Waals surface area contributed by atoms with Gasteiger partial charge in [-0.3, -0.25) is 4.99 Å². The van der Waals surface area contributed by atoms with Gasteiger partial charge in [-0.25, -0.2) is 4.98 Å². The van der Waals surface area contributed by atoms with E-state index in [4.69, 9.17) is 9.47 Å². The van der Waals surface area contributed by atoms with Gasteiger partial charge in [0.2, 0.25) is 0 Å². The van der Waals surface area contributed by atoms with Gasteiger partial charge in [0, 0.05) is 45.2 Å². The minimum atomic E-state index is 0. The van der Waals surface area contributed by atoms with E-state index in [0.717, 1.165) is 49.1 Å². The third-order valence-electron chi connectivity index (χ3n) is 2.83. The van der Waals surface area contributed by atoms with Gasteiger partial charge in [-0.05, 0) is 20.3 Å². The number of guanidine groups is 1. The van der Waals surface area contributed by atoms with Crippen LogP contribution in [0.15, 0.2) is 10.4 Å². The van der Waals surface area contributed by atoms with Crippen LogP contribution in [-0.4, -0.2) is 57.5 Å². The SMILES string of the molecule is CCNC(=NCCCOCCOC)NCCc1csc(C)n1.I. The molecule has 0 aromatic carbocycles. The molecule has 8 heteroatoms. The van der Waals surface area contributed by atoms with Crippen LogP contribution < -0.4 is 10.6 Å². The zero-order chi connectivity index (χ0) is 16.0. The summed E-state index contributed by atoms with van der Waals surface area (Å²) < 4.78 is 10.3. The maximum atomic E-state index is 5.41. The predicted molar refractivity (Wildman–Crippen MR) is 107 cm³/mol. The van der Waals surface area contributed by atoms with Gasteiger partial charge in [0.15, 0.2) is 5.96 Å². The largest absolute Gasteiger partial charge is 0.382 e. The molecule has 134 valence electrons. The highest BCUT2D eigenvalue weighted by Gasteiger charge is 2.00. The molecule has 1 rings (SSSR count). The Balaban J connectivity index is 0.00000484. The third-order valence-corrected chi connectivity index (χ3v) is 3.66. The number of hydrogen-bond donors (Lipinski definition) is 2. The molecule has 1 aromatic heterocycles. The van der Waals surface area contributed by atoms with Crippen molar-refractivity contribution < 1.29 is 9.47 Å². The summed E-state index contributed by atoms with van der Waals surface area (Å²) in [5.74, 6) is 0.853. The van der Waals surface area contributed by atoms with Crippen LogP contribution in [0, 0.1) is 6.92 Å². The number of halogens is 1. The van der Waals surface area contributed by atoms with Crippen LogP contribution in [0.2, 0.25) is 0 Å². The molecule has 6 nitrogen and oxygen atoms in total. The van der Waals surface area contributed by atoms with Gasteiger partial charge in [-0.2, -0.15) is 0 Å². The van der Waals surface area contributed by atoms with Crippen LogP contribution in [0.1, 0.15) is 24.0 Å². The van der Waals surface area contributed by atoms with E-state index in [9.17, 15) is 0 Å². The lowest BCUT2D eigenvalue weighted by atomic mass is 10.3. The van der Waals surface area contributed by atoms with Crippen molar-refractivity contribution in [3.63, 3.8) is 0 Å². The average molecular weight is 456 g/mol. The third kappa shape index (κ3) is 11.7. The number of methoxy groups -OCH3 is 1. The smallest absolute Gasteiger partial charge is 0.191 e. The molecule has 0 aliphatic heterocycles. The van der Waals surface area contributed by atoms with Crippen LogP contribution >= 0.6 is 35.3 Å². The van der Waals surface area contributed by atoms with Crippen molar-refractivity contribution in [2.75, 3.05) is 46.6 Å². The summed E-state index contributed by atoms with van der Waals surface area (Å²) in [5.41, 5.74) is 1.14. The number of rotatable bonds is 11. The molecule has 0 unspecified atom stereocenters. The fourth-order valence-corrected chi connectivity index (χ4v) is 2.42. The van der Waals surface area contributed by atoms with Crippen molar-refractivity contribution in [1.82, 2.24) is 15.6 Å². The first kappa shape index (κ1) is 22.6. The number of aromatic nitrogens is 1. The molecule has 0 radical (unpaired) electrons. The first-order chi connectivity index (χ1) is 10.8. The molecule has 0 aliphatic carbocycles. The zero-order valence-corrected chi connectivity index (χ0v) is 17.4. The minimum absolute atomic E-state index is 0. The molecule has 0 aliphatic rings. The highest BCUT2D eigenvalue weighted by atomic mass is 127. The number of thiazole rings is 1. The Bertz CT molecular complexity index is 429. The van der Waals surface area contributed by atoms with E-state index in [1.54, 1.807) is 18.4 Å². The predicted octanol–water partition coefficient (Wildman–Crippen LogP) is 2.22. The fraction of sp³-hybridized carbons (Fsp3) is 0.733. The lowest BCUT2D eigenvalue weighted by Crippen LogP contribution is -2.38. The molecular formula is C15H29IN4O2S. The molecule has 0 bridgehead atoms. The van der Waals surface area contributed by atoms with Gasteiger partial charge in [0.05, 0.1) is 23.9 Å². The zero-order valence-electron chi connectivity index (χ0n) is 14.3. The molecular weight excluding hydrogens is 427 g/mol. The highest BCUT2D eigenvalue weighted by molar-refractivity contribution is 14.0. The van der Waals surface area contributed by atoms with Crippen LogP contribution in [-0.2, 0) is 15.9 Å². The summed E-state index contributed by atoms with van der Waals surface area (Å²) in [5, 5.41) is 9.80. The molecule has 0 saturated heterocycles. The molecule has 1 aromatic rings. The first-order valence-electron chi connectivity index (χ1n) is 7.76. The van der Waals surface area contributed by atoms with E-state index >= 15 is 0 Å². The van der Waals surface area contributed by atoms with Crippen LogP contribution in [0.25, 0.3) is 0 Å². The molecule has 0 atom stereocenters. The van der Waals surface area contributed by atoms with E-state index in [-0.39, 0.29) is 24.0 Å². The first-order valence-corrected chi connectivity index (χ1v) is 8.64. The molecule has 0 fully saturated rings. The summed E-state index contributed by atoms with van der Waals surface area (Å²) >= 11 is 1.69. The van der Waals surface area contributed by atoms with Crippen molar-refractivity contribution >= 4 is 41.3 Å². The summed E-state index contributed by atoms with van der Waals surface area (Å²) in [6.45, 7) is 8.53. The number of ether oxygens (including phenoxy) is 2. The number of aryl methyl sites for hydroxylation is 1. The van der Waals surface area contributed by atoms with Crippen LogP contribution in [0.4, 0.5) is 0 Å². The Morgan fingerprint density at radius 1 is 1.30 bits per heavy atom. The van der Waals surface area contributed by atoms with Crippen molar-refractivity contribution in [1.29, 1.82) is 0 Å². The summed E-state index contributed by atoms with van der Waals surface area (Å²) in [7, 11) is 1.68. The standard InChI is InChI=1S/C15H28N4O2S.HI/c1-4-16-15(17-7-5-9-21-11-10-20-3)18-8-6-14-12-22-13(2)19-14;/h12H,4-11H2,1-3H3,(H2,16,17,18);1H. The van der Waals surface area contributed by atoms with Crippen molar-refractivity contribution in [3.05, 3.63) is 16.1 Å². The number of hydrogen-bond acceptors (Lipinski definition) is 5. The van der Waals surface area contributed by atoms with Gasteiger partial charge in [0.25, 0.3) is 0 Å².